The van der Waals surface area contributed by atoms with Crippen LogP contribution in [0.5, 0.6) is 0 Å². The van der Waals surface area contributed by atoms with E-state index in [-0.39, 0.29) is 0 Å². The summed E-state index contributed by atoms with van der Waals surface area (Å²) in [6.07, 6.45) is 3.87. The second-order valence-electron chi connectivity index (χ2n) is 3.68. The van der Waals surface area contributed by atoms with Crippen LogP contribution in [0.25, 0.3) is 0 Å². The Morgan fingerprint density at radius 2 is 2.50 bits per heavy atom. The fraction of sp³-hybridized carbons (Fsp3) is 0.545. The van der Waals surface area contributed by atoms with Gasteiger partial charge in [0.25, 0.3) is 0 Å². The van der Waals surface area contributed by atoms with Gasteiger partial charge in [0.2, 0.25) is 0 Å². The standard InChI is InChI=1S/C11H16N2O/c12-4-1-11-7-9(2-5-13-11)10-3-6-14-8-10/h2,5,7,10H,1,3-4,6,8,12H2. The highest BCUT2D eigenvalue weighted by Gasteiger charge is 2.17. The van der Waals surface area contributed by atoms with Crippen molar-refractivity contribution in [2.45, 2.75) is 18.8 Å². The number of rotatable bonds is 3. The molecule has 0 saturated carbocycles. The molecule has 14 heavy (non-hydrogen) atoms. The minimum atomic E-state index is 0.564. The van der Waals surface area contributed by atoms with Crippen molar-refractivity contribution in [1.82, 2.24) is 4.98 Å². The molecular weight excluding hydrogens is 176 g/mol. The second kappa shape index (κ2) is 4.53. The molecule has 1 aromatic rings. The Bertz CT molecular complexity index is 295. The van der Waals surface area contributed by atoms with E-state index in [1.54, 1.807) is 0 Å². The van der Waals surface area contributed by atoms with Crippen molar-refractivity contribution in [2.24, 2.45) is 5.73 Å². The van der Waals surface area contributed by atoms with Crippen molar-refractivity contribution in [1.29, 1.82) is 0 Å². The third kappa shape index (κ3) is 2.11. The lowest BCUT2D eigenvalue weighted by Crippen LogP contribution is -2.06. The van der Waals surface area contributed by atoms with Gasteiger partial charge in [0.1, 0.15) is 0 Å². The SMILES string of the molecule is NCCc1cc(C2CCOC2)ccn1. The summed E-state index contributed by atoms with van der Waals surface area (Å²) >= 11 is 0. The maximum atomic E-state index is 5.50. The van der Waals surface area contributed by atoms with Crippen LogP contribution < -0.4 is 5.73 Å². The zero-order chi connectivity index (χ0) is 9.80. The van der Waals surface area contributed by atoms with Gasteiger partial charge < -0.3 is 10.5 Å². The molecule has 0 aromatic carbocycles. The van der Waals surface area contributed by atoms with Crippen LogP contribution in [0.4, 0.5) is 0 Å². The van der Waals surface area contributed by atoms with Crippen molar-refractivity contribution < 1.29 is 4.74 Å². The predicted molar refractivity (Wildman–Crippen MR) is 55.2 cm³/mol. The maximum Gasteiger partial charge on any atom is 0.0535 e. The largest absolute Gasteiger partial charge is 0.381 e. The van der Waals surface area contributed by atoms with Gasteiger partial charge in [0.15, 0.2) is 0 Å². The van der Waals surface area contributed by atoms with E-state index in [9.17, 15) is 0 Å². The van der Waals surface area contributed by atoms with Crippen molar-refractivity contribution in [3.05, 3.63) is 29.6 Å². The summed E-state index contributed by atoms with van der Waals surface area (Å²) in [5.41, 5.74) is 7.94. The molecule has 1 aliphatic rings. The van der Waals surface area contributed by atoms with E-state index in [4.69, 9.17) is 10.5 Å². The van der Waals surface area contributed by atoms with Crippen molar-refractivity contribution in [3.63, 3.8) is 0 Å². The summed E-state index contributed by atoms with van der Waals surface area (Å²) in [6, 6.07) is 4.24. The van der Waals surface area contributed by atoms with Crippen LogP contribution in [-0.2, 0) is 11.2 Å². The zero-order valence-electron chi connectivity index (χ0n) is 8.28. The summed E-state index contributed by atoms with van der Waals surface area (Å²) in [4.78, 5) is 4.28. The number of nitrogens with two attached hydrogens (primary N) is 1. The second-order valence-corrected chi connectivity index (χ2v) is 3.68. The van der Waals surface area contributed by atoms with Crippen LogP contribution in [0, 0.1) is 0 Å². The van der Waals surface area contributed by atoms with Crippen molar-refractivity contribution in [3.8, 4) is 0 Å². The van der Waals surface area contributed by atoms with Crippen molar-refractivity contribution in [2.75, 3.05) is 19.8 Å². The maximum absolute atomic E-state index is 5.50. The number of hydrogen-bond acceptors (Lipinski definition) is 3. The zero-order valence-corrected chi connectivity index (χ0v) is 8.28. The fourth-order valence-electron chi connectivity index (χ4n) is 1.83. The van der Waals surface area contributed by atoms with E-state index in [1.807, 2.05) is 6.20 Å². The Labute approximate surface area is 84.3 Å². The predicted octanol–water partition coefficient (Wildman–Crippen LogP) is 1.09. The average molecular weight is 192 g/mol. The topological polar surface area (TPSA) is 48.1 Å². The van der Waals surface area contributed by atoms with Gasteiger partial charge in [-0.3, -0.25) is 4.98 Å². The Morgan fingerprint density at radius 1 is 1.57 bits per heavy atom. The molecular formula is C11H16N2O. The van der Waals surface area contributed by atoms with E-state index >= 15 is 0 Å². The normalized spacial score (nSPS) is 21.4. The van der Waals surface area contributed by atoms with E-state index in [0.717, 1.165) is 31.7 Å². The Hall–Kier alpha value is -0.930. The van der Waals surface area contributed by atoms with Crippen LogP contribution >= 0.6 is 0 Å². The summed E-state index contributed by atoms with van der Waals surface area (Å²) in [5.74, 6) is 0.564. The van der Waals surface area contributed by atoms with E-state index in [2.05, 4.69) is 17.1 Å². The van der Waals surface area contributed by atoms with Gasteiger partial charge in [-0.2, -0.15) is 0 Å². The number of aromatic nitrogens is 1. The van der Waals surface area contributed by atoms with Crippen LogP contribution in [0.2, 0.25) is 0 Å². The molecule has 1 saturated heterocycles. The molecule has 1 unspecified atom stereocenters. The molecule has 0 aliphatic carbocycles. The first-order chi connectivity index (χ1) is 6.90. The lowest BCUT2D eigenvalue weighted by molar-refractivity contribution is 0.194. The quantitative estimate of drug-likeness (QED) is 0.779. The summed E-state index contributed by atoms with van der Waals surface area (Å²) in [5, 5.41) is 0. The number of hydrogen-bond donors (Lipinski definition) is 1. The van der Waals surface area contributed by atoms with Gasteiger partial charge in [-0.25, -0.2) is 0 Å². The van der Waals surface area contributed by atoms with E-state index in [0.29, 0.717) is 12.5 Å². The molecule has 1 aliphatic heterocycles. The molecule has 0 spiro atoms. The first-order valence-electron chi connectivity index (χ1n) is 5.13. The number of ether oxygens (including phenoxy) is 1. The molecule has 1 atom stereocenters. The molecule has 3 heteroatoms. The molecule has 0 amide bonds. The molecule has 1 fully saturated rings. The lowest BCUT2D eigenvalue weighted by Gasteiger charge is -2.08. The van der Waals surface area contributed by atoms with Gasteiger partial charge >= 0.3 is 0 Å². The Morgan fingerprint density at radius 3 is 3.21 bits per heavy atom. The third-order valence-electron chi connectivity index (χ3n) is 2.64. The molecule has 2 heterocycles. The molecule has 2 N–H and O–H groups in total. The van der Waals surface area contributed by atoms with Gasteiger partial charge in [-0.15, -0.1) is 0 Å². The third-order valence-corrected chi connectivity index (χ3v) is 2.64. The molecule has 1 aromatic heterocycles. The monoisotopic (exact) mass is 192 g/mol. The number of pyridine rings is 1. The van der Waals surface area contributed by atoms with E-state index in [1.165, 1.54) is 5.56 Å². The summed E-state index contributed by atoms with van der Waals surface area (Å²) < 4.78 is 5.37. The molecule has 3 nitrogen and oxygen atoms in total. The minimum absolute atomic E-state index is 0.564. The van der Waals surface area contributed by atoms with Crippen LogP contribution in [-0.4, -0.2) is 24.7 Å². The Balaban J connectivity index is 2.12. The van der Waals surface area contributed by atoms with Gasteiger partial charge in [0.05, 0.1) is 6.61 Å². The average Bonchev–Trinajstić information content (AvgIpc) is 2.71. The van der Waals surface area contributed by atoms with Gasteiger partial charge in [0, 0.05) is 30.8 Å². The fourth-order valence-corrected chi connectivity index (χ4v) is 1.83. The molecule has 2 rings (SSSR count). The molecule has 0 radical (unpaired) electrons. The van der Waals surface area contributed by atoms with Crippen LogP contribution in [0.1, 0.15) is 23.6 Å². The summed E-state index contributed by atoms with van der Waals surface area (Å²) in [7, 11) is 0. The van der Waals surface area contributed by atoms with Gasteiger partial charge in [-0.05, 0) is 30.7 Å². The Kier molecular flexibility index (Phi) is 3.11. The van der Waals surface area contributed by atoms with Crippen LogP contribution in [0.3, 0.4) is 0 Å². The number of nitrogens with zero attached hydrogens (tertiary/aromatic N) is 1. The molecule has 76 valence electrons. The molecule has 0 bridgehead atoms. The summed E-state index contributed by atoms with van der Waals surface area (Å²) in [6.45, 7) is 2.41. The minimum Gasteiger partial charge on any atom is -0.381 e. The lowest BCUT2D eigenvalue weighted by atomic mass is 9.98. The first-order valence-corrected chi connectivity index (χ1v) is 5.13. The van der Waals surface area contributed by atoms with Crippen molar-refractivity contribution >= 4 is 0 Å². The smallest absolute Gasteiger partial charge is 0.0535 e. The highest BCUT2D eigenvalue weighted by atomic mass is 16.5. The van der Waals surface area contributed by atoms with Gasteiger partial charge in [-0.1, -0.05) is 0 Å². The van der Waals surface area contributed by atoms with E-state index < -0.39 is 0 Å². The highest BCUT2D eigenvalue weighted by Crippen LogP contribution is 2.24. The first kappa shape index (κ1) is 9.62. The van der Waals surface area contributed by atoms with Crippen LogP contribution in [0.15, 0.2) is 18.3 Å². The highest BCUT2D eigenvalue weighted by molar-refractivity contribution is 5.21.